The number of carbonyl (C=O) groups is 4. The molecular weight excluding hydrogens is 693 g/mol. The predicted molar refractivity (Wildman–Crippen MR) is 203 cm³/mol. The van der Waals surface area contributed by atoms with E-state index in [0.717, 1.165) is 5.52 Å². The van der Waals surface area contributed by atoms with Gasteiger partial charge < -0.3 is 24.5 Å². The van der Waals surface area contributed by atoms with Gasteiger partial charge in [0.15, 0.2) is 17.1 Å². The fourth-order valence-electron chi connectivity index (χ4n) is 5.85. The number of hydrogen-bond acceptors (Lipinski definition) is 9. The average molecular weight is 725 g/mol. The van der Waals surface area contributed by atoms with E-state index in [4.69, 9.17) is 13.9 Å². The first-order valence-corrected chi connectivity index (χ1v) is 17.4. The fraction of sp³-hybridized carbons (Fsp3) is 0.0976. The van der Waals surface area contributed by atoms with Crippen LogP contribution in [0.1, 0.15) is 22.3 Å². The standard InChI is InChI=1S/C41H32N4O7S/c1-50-34-17-8-12-27(37(34)51-2)22-32(43-38(47)25-10-4-3-5-11-25)39(48)42-28-13-9-14-30(23-28)53-35-24-36(46)45(41(35)49)29-20-18-26(19-21-29)40-44-31-15-6-7-16-33(31)52-40/h3-23,35H,24H2,1-2H3,(H,42,48)(H,43,47)/b32-22-/t35-/m1/s1. The number of carbonyl (C=O) groups excluding carboxylic acids is 4. The van der Waals surface area contributed by atoms with Crippen LogP contribution in [0.25, 0.3) is 28.6 Å². The van der Waals surface area contributed by atoms with Crippen molar-refractivity contribution in [2.45, 2.75) is 16.6 Å². The maximum absolute atomic E-state index is 13.8. The van der Waals surface area contributed by atoms with Crippen molar-refractivity contribution in [3.63, 3.8) is 0 Å². The van der Waals surface area contributed by atoms with Crippen LogP contribution in [-0.4, -0.2) is 48.1 Å². The van der Waals surface area contributed by atoms with E-state index in [9.17, 15) is 19.2 Å². The van der Waals surface area contributed by atoms with Crippen molar-refractivity contribution in [2.75, 3.05) is 24.4 Å². The Morgan fingerprint density at radius 1 is 0.868 bits per heavy atom. The molecule has 12 heteroatoms. The average Bonchev–Trinajstić information content (AvgIpc) is 3.74. The quantitative estimate of drug-likeness (QED) is 0.104. The van der Waals surface area contributed by atoms with E-state index in [1.54, 1.807) is 97.1 Å². The summed E-state index contributed by atoms with van der Waals surface area (Å²) in [4.78, 5) is 60.0. The first kappa shape index (κ1) is 34.8. The van der Waals surface area contributed by atoms with Crippen molar-refractivity contribution in [3.8, 4) is 23.0 Å². The third-order valence-electron chi connectivity index (χ3n) is 8.40. The molecule has 0 bridgehead atoms. The van der Waals surface area contributed by atoms with Crippen LogP contribution in [-0.2, 0) is 14.4 Å². The Labute approximate surface area is 308 Å². The molecule has 0 radical (unpaired) electrons. The van der Waals surface area contributed by atoms with Crippen molar-refractivity contribution in [3.05, 3.63) is 138 Å². The number of oxazole rings is 1. The summed E-state index contributed by atoms with van der Waals surface area (Å²) in [7, 11) is 2.99. The maximum Gasteiger partial charge on any atom is 0.272 e. The van der Waals surface area contributed by atoms with E-state index < -0.39 is 17.1 Å². The monoisotopic (exact) mass is 724 g/mol. The molecule has 0 saturated carbocycles. The number of rotatable bonds is 11. The minimum atomic E-state index is -0.675. The molecule has 0 aliphatic carbocycles. The molecule has 2 heterocycles. The Bertz CT molecular complexity index is 2340. The summed E-state index contributed by atoms with van der Waals surface area (Å²) in [5.74, 6) is -0.451. The van der Waals surface area contributed by atoms with Crippen molar-refractivity contribution >= 4 is 63.9 Å². The fourth-order valence-corrected chi connectivity index (χ4v) is 6.96. The first-order valence-electron chi connectivity index (χ1n) is 16.5. The lowest BCUT2D eigenvalue weighted by molar-refractivity contribution is -0.121. The zero-order chi connectivity index (χ0) is 36.9. The number of thioether (sulfide) groups is 1. The van der Waals surface area contributed by atoms with E-state index >= 15 is 0 Å². The van der Waals surface area contributed by atoms with Gasteiger partial charge in [0.1, 0.15) is 11.2 Å². The van der Waals surface area contributed by atoms with E-state index in [0.29, 0.717) is 55.9 Å². The number of para-hydroxylation sites is 3. The van der Waals surface area contributed by atoms with Crippen molar-refractivity contribution in [2.24, 2.45) is 0 Å². The Kier molecular flexibility index (Phi) is 10.0. The number of fused-ring (bicyclic) bond motifs is 1. The zero-order valence-corrected chi connectivity index (χ0v) is 29.4. The van der Waals surface area contributed by atoms with Gasteiger partial charge >= 0.3 is 0 Å². The van der Waals surface area contributed by atoms with Gasteiger partial charge in [-0.3, -0.25) is 19.2 Å². The molecule has 1 atom stereocenters. The van der Waals surface area contributed by atoms with Gasteiger partial charge in [0.2, 0.25) is 17.7 Å². The minimum absolute atomic E-state index is 0.00768. The molecule has 7 rings (SSSR count). The van der Waals surface area contributed by atoms with Gasteiger partial charge in [-0.1, -0.05) is 48.5 Å². The maximum atomic E-state index is 13.8. The molecule has 1 aliphatic heterocycles. The Morgan fingerprint density at radius 3 is 2.38 bits per heavy atom. The lowest BCUT2D eigenvalue weighted by Gasteiger charge is -2.16. The Morgan fingerprint density at radius 2 is 1.62 bits per heavy atom. The molecule has 1 aromatic heterocycles. The van der Waals surface area contributed by atoms with Crippen LogP contribution in [0.3, 0.4) is 0 Å². The van der Waals surface area contributed by atoms with Gasteiger partial charge in [0, 0.05) is 33.7 Å². The van der Waals surface area contributed by atoms with Crippen molar-refractivity contribution in [1.29, 1.82) is 0 Å². The number of nitrogens with zero attached hydrogens (tertiary/aromatic N) is 2. The SMILES string of the molecule is COc1cccc(/C=C(\NC(=O)c2ccccc2)C(=O)Nc2cccc(S[C@@H]3CC(=O)N(c4ccc(-c5nc6ccccc6o5)cc4)C3=O)c2)c1OC. The van der Waals surface area contributed by atoms with Gasteiger partial charge in [-0.05, 0) is 78.9 Å². The van der Waals surface area contributed by atoms with E-state index in [2.05, 4.69) is 15.6 Å². The molecule has 6 aromatic rings. The van der Waals surface area contributed by atoms with E-state index in [1.165, 1.54) is 37.0 Å². The lowest BCUT2D eigenvalue weighted by Crippen LogP contribution is -2.31. The second kappa shape index (κ2) is 15.3. The second-order valence-corrected chi connectivity index (χ2v) is 13.1. The topological polar surface area (TPSA) is 140 Å². The third kappa shape index (κ3) is 7.53. The van der Waals surface area contributed by atoms with Gasteiger partial charge in [0.25, 0.3) is 11.8 Å². The molecular formula is C41H32N4O7S. The summed E-state index contributed by atoms with van der Waals surface area (Å²) in [6.45, 7) is 0. The predicted octanol–water partition coefficient (Wildman–Crippen LogP) is 7.35. The first-order chi connectivity index (χ1) is 25.8. The van der Waals surface area contributed by atoms with Crippen LogP contribution >= 0.6 is 11.8 Å². The number of ether oxygens (including phenoxy) is 2. The summed E-state index contributed by atoms with van der Waals surface area (Å²) in [6.07, 6.45) is 1.51. The number of benzene rings is 5. The molecule has 1 aliphatic rings. The van der Waals surface area contributed by atoms with Crippen LogP contribution in [0, 0.1) is 0 Å². The number of amides is 4. The van der Waals surface area contributed by atoms with Gasteiger partial charge in [-0.25, -0.2) is 9.88 Å². The molecule has 1 fully saturated rings. The summed E-state index contributed by atoms with van der Waals surface area (Å²) >= 11 is 1.23. The van der Waals surface area contributed by atoms with Crippen LogP contribution in [0.15, 0.2) is 136 Å². The molecule has 1 saturated heterocycles. The molecule has 11 nitrogen and oxygen atoms in total. The summed E-state index contributed by atoms with van der Waals surface area (Å²) < 4.78 is 16.8. The van der Waals surface area contributed by atoms with Crippen LogP contribution in [0.5, 0.6) is 11.5 Å². The summed E-state index contributed by atoms with van der Waals surface area (Å²) in [5, 5.41) is 4.90. The molecule has 5 aromatic carbocycles. The van der Waals surface area contributed by atoms with E-state index in [1.807, 2.05) is 24.3 Å². The number of methoxy groups -OCH3 is 2. The number of aromatic nitrogens is 1. The molecule has 4 amide bonds. The molecule has 264 valence electrons. The summed E-state index contributed by atoms with van der Waals surface area (Å²) in [6, 6.07) is 35.1. The number of anilines is 2. The Balaban J connectivity index is 1.07. The minimum Gasteiger partial charge on any atom is -0.493 e. The van der Waals surface area contributed by atoms with Gasteiger partial charge in [-0.15, -0.1) is 11.8 Å². The third-order valence-corrected chi connectivity index (χ3v) is 9.58. The van der Waals surface area contributed by atoms with Crippen LogP contribution in [0.2, 0.25) is 0 Å². The van der Waals surface area contributed by atoms with Crippen LogP contribution < -0.4 is 25.0 Å². The van der Waals surface area contributed by atoms with E-state index in [-0.39, 0.29) is 23.9 Å². The summed E-state index contributed by atoms with van der Waals surface area (Å²) in [5.41, 5.74) is 3.82. The van der Waals surface area contributed by atoms with Gasteiger partial charge in [-0.2, -0.15) is 0 Å². The second-order valence-electron chi connectivity index (χ2n) is 11.9. The number of imide groups is 1. The lowest BCUT2D eigenvalue weighted by atomic mass is 10.1. The molecule has 53 heavy (non-hydrogen) atoms. The molecule has 0 spiro atoms. The largest absolute Gasteiger partial charge is 0.493 e. The highest BCUT2D eigenvalue weighted by Gasteiger charge is 2.40. The number of nitrogens with one attached hydrogen (secondary N) is 2. The molecule has 2 N–H and O–H groups in total. The zero-order valence-electron chi connectivity index (χ0n) is 28.6. The molecule has 0 unspecified atom stereocenters. The van der Waals surface area contributed by atoms with Crippen molar-refractivity contribution in [1.82, 2.24) is 10.3 Å². The number of hydrogen-bond donors (Lipinski definition) is 2. The highest BCUT2D eigenvalue weighted by atomic mass is 32.2. The van der Waals surface area contributed by atoms with Gasteiger partial charge in [0.05, 0.1) is 25.2 Å². The highest BCUT2D eigenvalue weighted by molar-refractivity contribution is 8.00. The van der Waals surface area contributed by atoms with Crippen molar-refractivity contribution < 1.29 is 33.1 Å². The van der Waals surface area contributed by atoms with Crippen LogP contribution in [0.4, 0.5) is 11.4 Å². The Hall–Kier alpha value is -6.66. The highest BCUT2D eigenvalue weighted by Crippen LogP contribution is 2.36. The smallest absolute Gasteiger partial charge is 0.272 e. The normalized spacial score (nSPS) is 14.3.